The lowest BCUT2D eigenvalue weighted by Gasteiger charge is -2.13. The first-order valence-corrected chi connectivity index (χ1v) is 7.68. The van der Waals surface area contributed by atoms with Crippen LogP contribution in [0.25, 0.3) is 4.96 Å². The molecule has 0 radical (unpaired) electrons. The van der Waals surface area contributed by atoms with E-state index in [0.717, 1.165) is 16.3 Å². The van der Waals surface area contributed by atoms with Crippen molar-refractivity contribution < 1.29 is 5.11 Å². The lowest BCUT2D eigenvalue weighted by molar-refractivity contribution is 0.196. The van der Waals surface area contributed by atoms with Crippen LogP contribution >= 0.6 is 23.1 Å². The SMILES string of the molecule is Cc1csc2nc(CSC(C)C(C)O)cc(=O)n12. The largest absolute Gasteiger partial charge is 0.392 e. The lowest BCUT2D eigenvalue weighted by Crippen LogP contribution is -2.17. The van der Waals surface area contributed by atoms with Gasteiger partial charge in [-0.3, -0.25) is 9.20 Å². The van der Waals surface area contributed by atoms with E-state index in [1.54, 1.807) is 29.2 Å². The average molecular weight is 284 g/mol. The number of thiazole rings is 1. The van der Waals surface area contributed by atoms with Gasteiger partial charge >= 0.3 is 0 Å². The summed E-state index contributed by atoms with van der Waals surface area (Å²) in [4.78, 5) is 17.1. The monoisotopic (exact) mass is 284 g/mol. The molecule has 0 saturated carbocycles. The Kier molecular flexibility index (Phi) is 4.09. The number of aryl methyl sites for hydroxylation is 1. The van der Waals surface area contributed by atoms with Gasteiger partial charge in [0.05, 0.1) is 11.8 Å². The summed E-state index contributed by atoms with van der Waals surface area (Å²) in [6.45, 7) is 5.64. The summed E-state index contributed by atoms with van der Waals surface area (Å²) in [5.41, 5.74) is 1.67. The summed E-state index contributed by atoms with van der Waals surface area (Å²) in [6.07, 6.45) is -0.358. The molecular weight excluding hydrogens is 268 g/mol. The van der Waals surface area contributed by atoms with E-state index in [1.165, 1.54) is 11.3 Å². The normalized spacial score (nSPS) is 14.9. The molecule has 1 N–H and O–H groups in total. The van der Waals surface area contributed by atoms with Crippen LogP contribution in [0.4, 0.5) is 0 Å². The van der Waals surface area contributed by atoms with Crippen molar-refractivity contribution >= 4 is 28.1 Å². The molecule has 0 bridgehead atoms. The Morgan fingerprint density at radius 3 is 2.94 bits per heavy atom. The topological polar surface area (TPSA) is 54.6 Å². The van der Waals surface area contributed by atoms with Crippen molar-refractivity contribution in [2.24, 2.45) is 0 Å². The Morgan fingerprint density at radius 1 is 1.56 bits per heavy atom. The van der Waals surface area contributed by atoms with Gasteiger partial charge in [0.15, 0.2) is 4.96 Å². The molecule has 0 saturated heterocycles. The van der Waals surface area contributed by atoms with Gasteiger partial charge in [0.25, 0.3) is 5.56 Å². The fourth-order valence-electron chi connectivity index (χ4n) is 1.53. The molecule has 0 aliphatic heterocycles. The van der Waals surface area contributed by atoms with Crippen molar-refractivity contribution in [2.45, 2.75) is 37.9 Å². The third kappa shape index (κ3) is 2.76. The molecule has 2 unspecified atom stereocenters. The number of nitrogens with zero attached hydrogens (tertiary/aromatic N) is 2. The summed E-state index contributed by atoms with van der Waals surface area (Å²) < 4.78 is 1.62. The van der Waals surface area contributed by atoms with Gasteiger partial charge in [0.1, 0.15) is 0 Å². The minimum atomic E-state index is -0.358. The average Bonchev–Trinajstić information content (AvgIpc) is 2.68. The first kappa shape index (κ1) is 13.6. The van der Waals surface area contributed by atoms with Crippen molar-refractivity contribution in [3.8, 4) is 0 Å². The van der Waals surface area contributed by atoms with Crippen LogP contribution in [-0.4, -0.2) is 25.8 Å². The maximum Gasteiger partial charge on any atom is 0.258 e. The molecule has 0 aromatic carbocycles. The molecule has 0 spiro atoms. The molecule has 4 nitrogen and oxygen atoms in total. The summed E-state index contributed by atoms with van der Waals surface area (Å²) in [6, 6.07) is 1.58. The third-order valence-corrected chi connectivity index (χ3v) is 5.13. The summed E-state index contributed by atoms with van der Waals surface area (Å²) in [7, 11) is 0. The molecule has 6 heteroatoms. The molecule has 2 aromatic rings. The van der Waals surface area contributed by atoms with Gasteiger partial charge in [-0.2, -0.15) is 0 Å². The van der Waals surface area contributed by atoms with Gasteiger partial charge in [0, 0.05) is 28.1 Å². The molecule has 2 heterocycles. The zero-order valence-corrected chi connectivity index (χ0v) is 12.2. The predicted octanol–water partition coefficient (Wildman–Crippen LogP) is 2.07. The minimum absolute atomic E-state index is 0.0287. The van der Waals surface area contributed by atoms with Gasteiger partial charge in [-0.15, -0.1) is 23.1 Å². The molecule has 0 amide bonds. The molecule has 2 rings (SSSR count). The second kappa shape index (κ2) is 5.42. The maximum atomic E-state index is 11.9. The van der Waals surface area contributed by atoms with Crippen LogP contribution in [-0.2, 0) is 5.75 Å². The molecular formula is C12H16N2O2S2. The van der Waals surface area contributed by atoms with Gasteiger partial charge in [0.2, 0.25) is 0 Å². The second-order valence-corrected chi connectivity index (χ2v) is 6.54. The Hall–Kier alpha value is -0.850. The highest BCUT2D eigenvalue weighted by molar-refractivity contribution is 7.99. The lowest BCUT2D eigenvalue weighted by atomic mass is 10.3. The summed E-state index contributed by atoms with van der Waals surface area (Å²) in [5, 5.41) is 11.5. The van der Waals surface area contributed by atoms with E-state index in [1.807, 2.05) is 19.2 Å². The Bertz CT molecular complexity index is 604. The van der Waals surface area contributed by atoms with Crippen LogP contribution in [0.2, 0.25) is 0 Å². The highest BCUT2D eigenvalue weighted by atomic mass is 32.2. The van der Waals surface area contributed by atoms with Crippen LogP contribution in [0.5, 0.6) is 0 Å². The number of thioether (sulfide) groups is 1. The van der Waals surface area contributed by atoms with Crippen molar-refractivity contribution in [1.82, 2.24) is 9.38 Å². The molecule has 0 fully saturated rings. The van der Waals surface area contributed by atoms with E-state index in [4.69, 9.17) is 0 Å². The third-order valence-electron chi connectivity index (χ3n) is 2.80. The van der Waals surface area contributed by atoms with Gasteiger partial charge < -0.3 is 5.11 Å². The first-order chi connectivity index (χ1) is 8.49. The number of rotatable bonds is 4. The first-order valence-electron chi connectivity index (χ1n) is 5.75. The fourth-order valence-corrected chi connectivity index (χ4v) is 3.28. The minimum Gasteiger partial charge on any atom is -0.392 e. The standard InChI is InChI=1S/C12H16N2O2S2/c1-7-5-18-12-13-10(4-11(16)14(7)12)6-17-9(3)8(2)15/h4-5,8-9,15H,6H2,1-3H3. The molecule has 2 atom stereocenters. The van der Waals surface area contributed by atoms with Crippen molar-refractivity contribution in [1.29, 1.82) is 0 Å². The molecule has 18 heavy (non-hydrogen) atoms. The van der Waals surface area contributed by atoms with Crippen LogP contribution in [0.15, 0.2) is 16.2 Å². The van der Waals surface area contributed by atoms with Crippen molar-refractivity contribution in [3.63, 3.8) is 0 Å². The second-order valence-electron chi connectivity index (χ2n) is 4.34. The Morgan fingerprint density at radius 2 is 2.28 bits per heavy atom. The van der Waals surface area contributed by atoms with Crippen LogP contribution < -0.4 is 5.56 Å². The zero-order valence-electron chi connectivity index (χ0n) is 10.6. The molecule has 0 aliphatic rings. The number of aliphatic hydroxyl groups is 1. The van der Waals surface area contributed by atoms with Crippen molar-refractivity contribution in [3.05, 3.63) is 33.2 Å². The number of aromatic nitrogens is 2. The van der Waals surface area contributed by atoms with Crippen LogP contribution in [0.1, 0.15) is 25.2 Å². The van der Waals surface area contributed by atoms with E-state index >= 15 is 0 Å². The van der Waals surface area contributed by atoms with Gasteiger partial charge in [-0.25, -0.2) is 4.98 Å². The van der Waals surface area contributed by atoms with Gasteiger partial charge in [-0.1, -0.05) is 6.92 Å². The number of hydrogen-bond acceptors (Lipinski definition) is 5. The molecule has 98 valence electrons. The highest BCUT2D eigenvalue weighted by Crippen LogP contribution is 2.19. The van der Waals surface area contributed by atoms with E-state index in [-0.39, 0.29) is 16.9 Å². The Labute approximate surface area is 114 Å². The van der Waals surface area contributed by atoms with Gasteiger partial charge in [-0.05, 0) is 13.8 Å². The van der Waals surface area contributed by atoms with Crippen molar-refractivity contribution in [2.75, 3.05) is 0 Å². The van der Waals surface area contributed by atoms with E-state index in [9.17, 15) is 9.90 Å². The number of fused-ring (bicyclic) bond motifs is 1. The smallest absolute Gasteiger partial charge is 0.258 e. The maximum absolute atomic E-state index is 11.9. The number of hydrogen-bond donors (Lipinski definition) is 1. The quantitative estimate of drug-likeness (QED) is 0.934. The Balaban J connectivity index is 2.23. The van der Waals surface area contributed by atoms with E-state index in [0.29, 0.717) is 5.75 Å². The number of aliphatic hydroxyl groups excluding tert-OH is 1. The predicted molar refractivity (Wildman–Crippen MR) is 76.5 cm³/mol. The highest BCUT2D eigenvalue weighted by Gasteiger charge is 2.11. The summed E-state index contributed by atoms with van der Waals surface area (Å²) >= 11 is 3.08. The van der Waals surface area contributed by atoms with Crippen LogP contribution in [0.3, 0.4) is 0 Å². The molecule has 2 aromatic heterocycles. The van der Waals surface area contributed by atoms with Crippen LogP contribution in [0, 0.1) is 6.92 Å². The summed E-state index contributed by atoms with van der Waals surface area (Å²) in [5.74, 6) is 0.648. The van der Waals surface area contributed by atoms with E-state index in [2.05, 4.69) is 4.98 Å². The zero-order chi connectivity index (χ0) is 13.3. The van der Waals surface area contributed by atoms with E-state index < -0.39 is 0 Å². The molecule has 0 aliphatic carbocycles. The fraction of sp³-hybridized carbons (Fsp3) is 0.500.